The number of halogens is 1. The van der Waals surface area contributed by atoms with Crippen molar-refractivity contribution >= 4 is 0 Å². The fraction of sp³-hybridized carbons (Fsp3) is 0.600. The van der Waals surface area contributed by atoms with Gasteiger partial charge in [-0.3, -0.25) is 4.48 Å². The quantitative estimate of drug-likeness (QED) is 0.597. The van der Waals surface area contributed by atoms with E-state index in [0.717, 1.165) is 17.3 Å². The average Bonchev–Trinajstić information content (AvgIpc) is 1.97. The maximum absolute atomic E-state index is 2.20. The second kappa shape index (κ2) is 7.56. The SMILES string of the molecule is CC/C=C/[N+](C)(C)/C=C/CC.[Br-]. The molecule has 0 aliphatic rings. The van der Waals surface area contributed by atoms with Crippen molar-refractivity contribution in [3.8, 4) is 0 Å². The van der Waals surface area contributed by atoms with Crippen LogP contribution in [0.4, 0.5) is 0 Å². The fourth-order valence-electron chi connectivity index (χ4n) is 0.804. The molecule has 0 amide bonds. The summed E-state index contributed by atoms with van der Waals surface area (Å²) in [6.45, 7) is 4.31. The first-order chi connectivity index (χ1) is 5.12. The van der Waals surface area contributed by atoms with E-state index in [1.807, 2.05) is 0 Å². The highest BCUT2D eigenvalue weighted by atomic mass is 79.9. The van der Waals surface area contributed by atoms with E-state index < -0.39 is 0 Å². The van der Waals surface area contributed by atoms with Crippen LogP contribution in [-0.2, 0) is 0 Å². The van der Waals surface area contributed by atoms with Crippen LogP contribution in [0.2, 0.25) is 0 Å². The number of quaternary nitrogens is 1. The molecule has 0 aliphatic heterocycles. The number of allylic oxidation sites excluding steroid dienone is 2. The molecule has 0 saturated carbocycles. The smallest absolute Gasteiger partial charge is 0.0959 e. The molecule has 0 rings (SSSR count). The Labute approximate surface area is 87.1 Å². The van der Waals surface area contributed by atoms with E-state index in [1.165, 1.54) is 0 Å². The molecule has 0 heterocycles. The largest absolute Gasteiger partial charge is 1.00 e. The van der Waals surface area contributed by atoms with Crippen LogP contribution >= 0.6 is 0 Å². The minimum absolute atomic E-state index is 0. The molecule has 0 aromatic carbocycles. The third-order valence-corrected chi connectivity index (χ3v) is 1.45. The molecule has 0 bridgehead atoms. The van der Waals surface area contributed by atoms with Gasteiger partial charge in [-0.2, -0.15) is 0 Å². The topological polar surface area (TPSA) is 0 Å². The second-order valence-electron chi connectivity index (χ2n) is 3.22. The standard InChI is InChI=1S/C10H20N.BrH/c1-5-7-9-11(3,4)10-8-6-2;/h7-10H,5-6H2,1-4H3;1H/q+1;/p-1/b9-7+,10-8+;. The third-order valence-electron chi connectivity index (χ3n) is 1.45. The number of hydrogen-bond acceptors (Lipinski definition) is 0. The molecule has 72 valence electrons. The summed E-state index contributed by atoms with van der Waals surface area (Å²) in [6.07, 6.45) is 11.0. The van der Waals surface area contributed by atoms with Gasteiger partial charge in [0.1, 0.15) is 0 Å². The molecule has 0 spiro atoms. The summed E-state index contributed by atoms with van der Waals surface area (Å²) in [5.41, 5.74) is 0. The third kappa shape index (κ3) is 8.02. The van der Waals surface area contributed by atoms with E-state index in [9.17, 15) is 0 Å². The predicted molar refractivity (Wildman–Crippen MR) is 51.0 cm³/mol. The number of rotatable bonds is 4. The number of nitrogens with zero attached hydrogens (tertiary/aromatic N) is 1. The highest BCUT2D eigenvalue weighted by Gasteiger charge is 2.03. The Morgan fingerprint density at radius 3 is 1.50 bits per heavy atom. The molecule has 1 nitrogen and oxygen atoms in total. The van der Waals surface area contributed by atoms with Gasteiger partial charge in [0.25, 0.3) is 0 Å². The van der Waals surface area contributed by atoms with E-state index in [0.29, 0.717) is 0 Å². The van der Waals surface area contributed by atoms with Crippen LogP contribution in [0.15, 0.2) is 24.6 Å². The lowest BCUT2D eigenvalue weighted by atomic mass is 10.4. The van der Waals surface area contributed by atoms with E-state index in [2.05, 4.69) is 52.5 Å². The minimum Gasteiger partial charge on any atom is -1.00 e. The molecular weight excluding hydrogens is 214 g/mol. The highest BCUT2D eigenvalue weighted by molar-refractivity contribution is 4.78. The molecule has 0 saturated heterocycles. The normalized spacial score (nSPS) is 12.3. The number of hydrogen-bond donors (Lipinski definition) is 0. The summed E-state index contributed by atoms with van der Waals surface area (Å²) in [6, 6.07) is 0. The Bertz CT molecular complexity index is 132. The zero-order chi connectivity index (χ0) is 8.74. The lowest BCUT2D eigenvalue weighted by Gasteiger charge is -2.18. The van der Waals surface area contributed by atoms with Crippen molar-refractivity contribution in [3.05, 3.63) is 24.6 Å². The van der Waals surface area contributed by atoms with Crippen molar-refractivity contribution in [1.82, 2.24) is 0 Å². The molecule has 0 aliphatic carbocycles. The van der Waals surface area contributed by atoms with Crippen LogP contribution in [0.1, 0.15) is 26.7 Å². The first-order valence-electron chi connectivity index (χ1n) is 4.31. The maximum atomic E-state index is 2.20. The van der Waals surface area contributed by atoms with Crippen molar-refractivity contribution in [2.45, 2.75) is 26.7 Å². The van der Waals surface area contributed by atoms with Crippen LogP contribution in [-0.4, -0.2) is 18.6 Å². The summed E-state index contributed by atoms with van der Waals surface area (Å²) < 4.78 is 0.849. The fourth-order valence-corrected chi connectivity index (χ4v) is 0.804. The van der Waals surface area contributed by atoms with Crippen LogP contribution in [0.3, 0.4) is 0 Å². The predicted octanol–water partition coefficient (Wildman–Crippen LogP) is -0.0858. The maximum Gasteiger partial charge on any atom is 0.0959 e. The van der Waals surface area contributed by atoms with Crippen molar-refractivity contribution in [2.75, 3.05) is 14.1 Å². The average molecular weight is 234 g/mol. The van der Waals surface area contributed by atoms with Crippen molar-refractivity contribution in [1.29, 1.82) is 0 Å². The first-order valence-corrected chi connectivity index (χ1v) is 4.31. The summed E-state index contributed by atoms with van der Waals surface area (Å²) in [7, 11) is 4.33. The van der Waals surface area contributed by atoms with Gasteiger partial charge in [-0.05, 0) is 25.0 Å². The lowest BCUT2D eigenvalue weighted by molar-refractivity contribution is -0.784. The van der Waals surface area contributed by atoms with E-state index >= 15 is 0 Å². The Hall–Kier alpha value is -0.0800. The molecule has 0 aromatic rings. The van der Waals surface area contributed by atoms with E-state index in [4.69, 9.17) is 0 Å². The molecule has 0 fully saturated rings. The van der Waals surface area contributed by atoms with Gasteiger partial charge in [0, 0.05) is 0 Å². The lowest BCUT2D eigenvalue weighted by Crippen LogP contribution is -3.00. The Kier molecular flexibility index (Phi) is 9.10. The molecule has 12 heavy (non-hydrogen) atoms. The van der Waals surface area contributed by atoms with Crippen molar-refractivity contribution in [3.63, 3.8) is 0 Å². The monoisotopic (exact) mass is 233 g/mol. The Morgan fingerprint density at radius 1 is 0.917 bits per heavy atom. The van der Waals surface area contributed by atoms with Gasteiger partial charge < -0.3 is 17.0 Å². The molecule has 0 unspecified atom stereocenters. The van der Waals surface area contributed by atoms with Crippen molar-refractivity contribution in [2.24, 2.45) is 0 Å². The van der Waals surface area contributed by atoms with Crippen LogP contribution in [0.25, 0.3) is 0 Å². The summed E-state index contributed by atoms with van der Waals surface area (Å²) >= 11 is 0. The Balaban J connectivity index is 0. The van der Waals surface area contributed by atoms with Gasteiger partial charge >= 0.3 is 0 Å². The summed E-state index contributed by atoms with van der Waals surface area (Å²) in [5, 5.41) is 0. The van der Waals surface area contributed by atoms with Gasteiger partial charge in [0.15, 0.2) is 0 Å². The Morgan fingerprint density at radius 2 is 1.25 bits per heavy atom. The highest BCUT2D eigenvalue weighted by Crippen LogP contribution is 2.01. The van der Waals surface area contributed by atoms with Gasteiger partial charge in [0.2, 0.25) is 0 Å². The van der Waals surface area contributed by atoms with Crippen LogP contribution in [0, 0.1) is 0 Å². The molecule has 0 radical (unpaired) electrons. The second-order valence-corrected chi connectivity index (χ2v) is 3.22. The molecular formula is C10H20BrN. The molecule has 0 aromatic heterocycles. The van der Waals surface area contributed by atoms with Gasteiger partial charge in [0.05, 0.1) is 26.5 Å². The van der Waals surface area contributed by atoms with Crippen molar-refractivity contribution < 1.29 is 21.5 Å². The summed E-state index contributed by atoms with van der Waals surface area (Å²) in [4.78, 5) is 0. The first kappa shape index (κ1) is 14.4. The van der Waals surface area contributed by atoms with E-state index in [-0.39, 0.29) is 17.0 Å². The molecule has 0 N–H and O–H groups in total. The van der Waals surface area contributed by atoms with Gasteiger partial charge in [-0.15, -0.1) is 0 Å². The summed E-state index contributed by atoms with van der Waals surface area (Å²) in [5.74, 6) is 0. The zero-order valence-corrected chi connectivity index (χ0v) is 10.1. The molecule has 0 atom stereocenters. The van der Waals surface area contributed by atoms with E-state index in [1.54, 1.807) is 0 Å². The zero-order valence-electron chi connectivity index (χ0n) is 8.55. The minimum atomic E-state index is 0. The van der Waals surface area contributed by atoms with Gasteiger partial charge in [-0.1, -0.05) is 13.8 Å². The van der Waals surface area contributed by atoms with Crippen LogP contribution < -0.4 is 17.0 Å². The van der Waals surface area contributed by atoms with Gasteiger partial charge in [-0.25, -0.2) is 0 Å². The van der Waals surface area contributed by atoms with Crippen LogP contribution in [0.5, 0.6) is 0 Å². The molecule has 2 heteroatoms.